The lowest BCUT2D eigenvalue weighted by Crippen LogP contribution is -2.25. The molecule has 0 saturated carbocycles. The third-order valence-corrected chi connectivity index (χ3v) is 4.30. The number of aromatic nitrogens is 2. The van der Waals surface area contributed by atoms with Crippen LogP contribution >= 0.6 is 11.6 Å². The van der Waals surface area contributed by atoms with Crippen LogP contribution in [-0.4, -0.2) is 34.4 Å². The van der Waals surface area contributed by atoms with Gasteiger partial charge in [0.15, 0.2) is 0 Å². The zero-order chi connectivity index (χ0) is 18.1. The standard InChI is InChI=1S/C18H16ClN3O3/c1-3-21(2)13-5-4-6-14-15(13)17(23)16(18(24)25)20-22(14)12-9-7-11(19)8-10-12/h4-10H,3H2,1-2H3,(H,24,25). The number of hydrogen-bond acceptors (Lipinski definition) is 4. The highest BCUT2D eigenvalue weighted by molar-refractivity contribution is 6.30. The average Bonchev–Trinajstić information content (AvgIpc) is 2.61. The summed E-state index contributed by atoms with van der Waals surface area (Å²) in [6.07, 6.45) is 0. The number of aromatic carboxylic acids is 1. The quantitative estimate of drug-likeness (QED) is 0.776. The molecule has 2 aromatic carbocycles. The smallest absolute Gasteiger partial charge is 0.360 e. The molecule has 0 bridgehead atoms. The van der Waals surface area contributed by atoms with E-state index in [0.29, 0.717) is 33.8 Å². The van der Waals surface area contributed by atoms with E-state index in [0.717, 1.165) is 0 Å². The minimum atomic E-state index is -1.36. The van der Waals surface area contributed by atoms with Crippen LogP contribution in [0.15, 0.2) is 47.3 Å². The average molecular weight is 358 g/mol. The Morgan fingerprint density at radius 3 is 2.52 bits per heavy atom. The Balaban J connectivity index is 2.45. The van der Waals surface area contributed by atoms with Crippen molar-refractivity contribution in [1.82, 2.24) is 9.78 Å². The molecule has 0 unspecified atom stereocenters. The minimum absolute atomic E-state index is 0.328. The van der Waals surface area contributed by atoms with E-state index in [9.17, 15) is 14.7 Å². The second-order valence-corrected chi connectivity index (χ2v) is 5.99. The number of halogens is 1. The van der Waals surface area contributed by atoms with E-state index in [-0.39, 0.29) is 0 Å². The van der Waals surface area contributed by atoms with Gasteiger partial charge in [0.2, 0.25) is 11.1 Å². The fourth-order valence-electron chi connectivity index (χ4n) is 2.66. The molecule has 0 amide bonds. The first-order chi connectivity index (χ1) is 11.9. The number of carboxylic acid groups (broad SMARTS) is 1. The van der Waals surface area contributed by atoms with Gasteiger partial charge in [-0.05, 0) is 43.3 Å². The Bertz CT molecular complexity index is 1010. The van der Waals surface area contributed by atoms with Crippen LogP contribution in [0.5, 0.6) is 0 Å². The maximum absolute atomic E-state index is 12.7. The van der Waals surface area contributed by atoms with Gasteiger partial charge in [-0.1, -0.05) is 17.7 Å². The van der Waals surface area contributed by atoms with Gasteiger partial charge in [-0.3, -0.25) is 4.79 Å². The maximum Gasteiger partial charge on any atom is 0.360 e. The lowest BCUT2D eigenvalue weighted by atomic mass is 10.1. The molecular formula is C18H16ClN3O3. The number of carbonyl (C=O) groups is 1. The molecule has 1 N–H and O–H groups in total. The van der Waals surface area contributed by atoms with E-state index in [2.05, 4.69) is 5.10 Å². The van der Waals surface area contributed by atoms with Crippen molar-refractivity contribution in [2.75, 3.05) is 18.5 Å². The van der Waals surface area contributed by atoms with Crippen molar-refractivity contribution in [2.45, 2.75) is 6.92 Å². The summed E-state index contributed by atoms with van der Waals surface area (Å²) in [6.45, 7) is 2.63. The lowest BCUT2D eigenvalue weighted by molar-refractivity contribution is 0.0687. The number of carboxylic acids is 1. The molecule has 0 radical (unpaired) electrons. The molecule has 3 rings (SSSR count). The van der Waals surface area contributed by atoms with Crippen LogP contribution < -0.4 is 10.3 Å². The zero-order valence-corrected chi connectivity index (χ0v) is 14.5. The van der Waals surface area contributed by atoms with Gasteiger partial charge in [0.05, 0.1) is 16.6 Å². The second-order valence-electron chi connectivity index (χ2n) is 5.56. The summed E-state index contributed by atoms with van der Waals surface area (Å²) in [6, 6.07) is 12.2. The van der Waals surface area contributed by atoms with Crippen molar-refractivity contribution in [1.29, 1.82) is 0 Å². The number of hydrogen-bond donors (Lipinski definition) is 1. The first kappa shape index (κ1) is 17.0. The third-order valence-electron chi connectivity index (χ3n) is 4.05. The van der Waals surface area contributed by atoms with Crippen molar-refractivity contribution in [3.05, 3.63) is 63.4 Å². The third kappa shape index (κ3) is 2.96. The molecule has 1 aromatic heterocycles. The van der Waals surface area contributed by atoms with E-state index in [4.69, 9.17) is 11.6 Å². The molecular weight excluding hydrogens is 342 g/mol. The highest BCUT2D eigenvalue weighted by atomic mass is 35.5. The van der Waals surface area contributed by atoms with Crippen LogP contribution in [0.4, 0.5) is 5.69 Å². The van der Waals surface area contributed by atoms with Gasteiger partial charge in [0, 0.05) is 24.3 Å². The van der Waals surface area contributed by atoms with Crippen LogP contribution in [0.2, 0.25) is 5.02 Å². The van der Waals surface area contributed by atoms with Crippen LogP contribution in [0.3, 0.4) is 0 Å². The molecule has 7 heteroatoms. The Kier molecular flexibility index (Phi) is 4.46. The van der Waals surface area contributed by atoms with Gasteiger partial charge in [0.25, 0.3) is 0 Å². The summed E-state index contributed by atoms with van der Waals surface area (Å²) >= 11 is 5.93. The second kappa shape index (κ2) is 6.57. The minimum Gasteiger partial charge on any atom is -0.476 e. The first-order valence-corrected chi connectivity index (χ1v) is 8.08. The number of fused-ring (bicyclic) bond motifs is 1. The molecule has 1 heterocycles. The van der Waals surface area contributed by atoms with E-state index >= 15 is 0 Å². The molecule has 0 fully saturated rings. The van der Waals surface area contributed by atoms with Crippen molar-refractivity contribution in [2.24, 2.45) is 0 Å². The van der Waals surface area contributed by atoms with Crippen LogP contribution in [0.25, 0.3) is 16.6 Å². The molecule has 128 valence electrons. The summed E-state index contributed by atoms with van der Waals surface area (Å²) in [5.41, 5.74) is 0.712. The molecule has 0 aliphatic heterocycles. The van der Waals surface area contributed by atoms with Crippen molar-refractivity contribution >= 4 is 34.2 Å². The maximum atomic E-state index is 12.7. The summed E-state index contributed by atoms with van der Waals surface area (Å²) in [5.74, 6) is -1.36. The van der Waals surface area contributed by atoms with E-state index in [1.165, 1.54) is 4.68 Å². The summed E-state index contributed by atoms with van der Waals surface area (Å²) in [7, 11) is 1.85. The number of benzene rings is 2. The molecule has 0 aliphatic rings. The molecule has 0 saturated heterocycles. The van der Waals surface area contributed by atoms with Gasteiger partial charge in [-0.15, -0.1) is 0 Å². The Morgan fingerprint density at radius 2 is 1.92 bits per heavy atom. The monoisotopic (exact) mass is 357 g/mol. The van der Waals surface area contributed by atoms with Crippen molar-refractivity contribution in [3.8, 4) is 5.69 Å². The Hall–Kier alpha value is -2.86. The Labute approximate surface area is 148 Å². The van der Waals surface area contributed by atoms with Gasteiger partial charge in [0.1, 0.15) is 0 Å². The fourth-order valence-corrected chi connectivity index (χ4v) is 2.79. The van der Waals surface area contributed by atoms with E-state index < -0.39 is 17.1 Å². The number of rotatable bonds is 4. The van der Waals surface area contributed by atoms with Gasteiger partial charge >= 0.3 is 5.97 Å². The number of anilines is 1. The van der Waals surface area contributed by atoms with Gasteiger partial charge < -0.3 is 10.0 Å². The molecule has 6 nitrogen and oxygen atoms in total. The SMILES string of the molecule is CCN(C)c1cccc2c1c(=O)c(C(=O)O)nn2-c1ccc(Cl)cc1. The highest BCUT2D eigenvalue weighted by Gasteiger charge is 2.20. The molecule has 25 heavy (non-hydrogen) atoms. The summed E-state index contributed by atoms with van der Waals surface area (Å²) in [4.78, 5) is 26.2. The van der Waals surface area contributed by atoms with Crippen molar-refractivity contribution in [3.63, 3.8) is 0 Å². The normalized spacial score (nSPS) is 10.8. The number of nitrogens with zero attached hydrogens (tertiary/aromatic N) is 3. The molecule has 0 aliphatic carbocycles. The summed E-state index contributed by atoms with van der Waals surface area (Å²) in [5, 5.41) is 14.4. The lowest BCUT2D eigenvalue weighted by Gasteiger charge is -2.20. The zero-order valence-electron chi connectivity index (χ0n) is 13.7. The largest absolute Gasteiger partial charge is 0.476 e. The van der Waals surface area contributed by atoms with Crippen LogP contribution in [-0.2, 0) is 0 Å². The molecule has 0 spiro atoms. The van der Waals surface area contributed by atoms with Crippen LogP contribution in [0, 0.1) is 0 Å². The van der Waals surface area contributed by atoms with E-state index in [1.807, 2.05) is 24.9 Å². The highest BCUT2D eigenvalue weighted by Crippen LogP contribution is 2.25. The fraction of sp³-hybridized carbons (Fsp3) is 0.167. The van der Waals surface area contributed by atoms with E-state index in [1.54, 1.807) is 36.4 Å². The topological polar surface area (TPSA) is 75.4 Å². The summed E-state index contributed by atoms with van der Waals surface area (Å²) < 4.78 is 1.46. The van der Waals surface area contributed by atoms with Crippen molar-refractivity contribution < 1.29 is 9.90 Å². The molecule has 3 aromatic rings. The predicted molar refractivity (Wildman–Crippen MR) is 98.3 cm³/mol. The predicted octanol–water partition coefficient (Wildman–Crippen LogP) is 3.19. The first-order valence-electron chi connectivity index (χ1n) is 7.70. The van der Waals surface area contributed by atoms with Gasteiger partial charge in [-0.2, -0.15) is 5.10 Å². The molecule has 0 atom stereocenters. The Morgan fingerprint density at radius 1 is 1.24 bits per heavy atom. The van der Waals surface area contributed by atoms with Gasteiger partial charge in [-0.25, -0.2) is 9.48 Å². The van der Waals surface area contributed by atoms with Crippen LogP contribution in [0.1, 0.15) is 17.4 Å².